The Kier molecular flexibility index (Phi) is 13.0. The molecule has 1 aliphatic carbocycles. The maximum atomic E-state index is 14.7. The van der Waals surface area contributed by atoms with E-state index in [0.717, 1.165) is 48.4 Å². The van der Waals surface area contributed by atoms with Crippen LogP contribution in [-0.4, -0.2) is 79.0 Å². The van der Waals surface area contributed by atoms with Crippen molar-refractivity contribution in [3.8, 4) is 57.3 Å². The summed E-state index contributed by atoms with van der Waals surface area (Å²) >= 11 is 0. The van der Waals surface area contributed by atoms with Crippen molar-refractivity contribution in [3.63, 3.8) is 0 Å². The standard InChI is InChI=1S/C54H57N3O8/c1-54(23-6-7-24-54)46-32-43-38-13-8-12-36(30-38)31-39(15-18-40-34-57(26-25-55-40)53(43)56-46)47-49-48(44(61)33-45(65-49)37-16-20-41(59)21-17-37)51(52(62-2)50(47)63-28-9-27-58)64-29-22-42(60)19-14-35-10-4-3-5-11-35/h3-5,8,10-14,16-17,19-21,30,32-33,39-40,42,55-56,58-60H,6-7,9,22-29,31,34H2,1-2H3. The first-order valence-corrected chi connectivity index (χ1v) is 22.8. The first kappa shape index (κ1) is 43.8. The molecule has 3 aliphatic rings. The van der Waals surface area contributed by atoms with Crippen LogP contribution in [0, 0.1) is 11.8 Å². The maximum Gasteiger partial charge on any atom is 0.204 e. The van der Waals surface area contributed by atoms with E-state index in [1.165, 1.54) is 37.3 Å². The molecule has 5 N–H and O–H groups in total. The Balaban J connectivity index is 1.20. The molecule has 11 nitrogen and oxygen atoms in total. The maximum absolute atomic E-state index is 14.7. The predicted octanol–water partition coefficient (Wildman–Crippen LogP) is 8.73. The quantitative estimate of drug-likeness (QED) is 0.0532. The zero-order chi connectivity index (χ0) is 44.9. The second-order valence-corrected chi connectivity index (χ2v) is 17.6. The molecule has 0 amide bonds. The van der Waals surface area contributed by atoms with E-state index in [1.54, 1.807) is 30.3 Å². The number of fused-ring (bicyclic) bond motifs is 8. The summed E-state index contributed by atoms with van der Waals surface area (Å²) in [6.07, 6.45) is 8.48. The molecule has 2 aromatic heterocycles. The number of aromatic hydroxyl groups is 1. The number of piperazine rings is 1. The van der Waals surface area contributed by atoms with Gasteiger partial charge in [0, 0.05) is 67.4 Å². The van der Waals surface area contributed by atoms with Crippen molar-refractivity contribution in [1.29, 1.82) is 0 Å². The molecule has 2 fully saturated rings. The topological polar surface area (TPSA) is 150 Å². The highest BCUT2D eigenvalue weighted by molar-refractivity contribution is 5.94. The number of nitrogens with zero attached hydrogens (tertiary/aromatic N) is 1. The van der Waals surface area contributed by atoms with Crippen LogP contribution >= 0.6 is 0 Å². The minimum absolute atomic E-state index is 0.0300. The average molecular weight is 876 g/mol. The number of hydrogen-bond donors (Lipinski definition) is 5. The molecule has 3 atom stereocenters. The zero-order valence-electron chi connectivity index (χ0n) is 37.1. The summed E-state index contributed by atoms with van der Waals surface area (Å²) in [4.78, 5) is 21.0. The van der Waals surface area contributed by atoms with E-state index in [9.17, 15) is 20.1 Å². The second kappa shape index (κ2) is 19.3. The minimum atomic E-state index is -0.837. The van der Waals surface area contributed by atoms with Crippen molar-refractivity contribution in [1.82, 2.24) is 10.3 Å². The number of benzene rings is 4. The number of aliphatic hydroxyl groups excluding tert-OH is 2. The SMILES string of the molecule is COc1c(OCCCO)c(C2C#CC3CN(CCN3)c3[nH]c(C4(C)CCCC4)cc3-c3cccc(c3)C2)c2oc(-c3ccc(O)cc3)cc(=O)c2c1OCCC(O)C=Cc1ccccc1. The summed E-state index contributed by atoms with van der Waals surface area (Å²) in [7, 11) is 1.51. The van der Waals surface area contributed by atoms with E-state index in [1.807, 2.05) is 36.4 Å². The van der Waals surface area contributed by atoms with Gasteiger partial charge in [-0.3, -0.25) is 4.79 Å². The molecule has 4 heterocycles. The number of phenols is 1. The summed E-state index contributed by atoms with van der Waals surface area (Å²) in [5.41, 5.74) is 6.59. The van der Waals surface area contributed by atoms with E-state index in [4.69, 9.17) is 18.6 Å². The van der Waals surface area contributed by atoms with Gasteiger partial charge in [0.1, 0.15) is 22.7 Å². The van der Waals surface area contributed by atoms with Gasteiger partial charge in [0.2, 0.25) is 5.75 Å². The van der Waals surface area contributed by atoms with Crippen molar-refractivity contribution in [3.05, 3.63) is 130 Å². The fourth-order valence-corrected chi connectivity index (χ4v) is 9.53. The Morgan fingerprint density at radius 2 is 1.74 bits per heavy atom. The molecule has 3 unspecified atom stereocenters. The Morgan fingerprint density at radius 1 is 0.938 bits per heavy atom. The number of methoxy groups -OCH3 is 1. The molecule has 2 aliphatic heterocycles. The van der Waals surface area contributed by atoms with E-state index in [2.05, 4.69) is 64.3 Å². The molecule has 1 saturated heterocycles. The number of anilines is 1. The van der Waals surface area contributed by atoms with E-state index >= 15 is 0 Å². The fourth-order valence-electron chi connectivity index (χ4n) is 9.53. The van der Waals surface area contributed by atoms with E-state index < -0.39 is 12.0 Å². The zero-order valence-corrected chi connectivity index (χ0v) is 37.1. The molecule has 4 bridgehead atoms. The number of hydrogen-bond acceptors (Lipinski definition) is 10. The molecule has 9 rings (SSSR count). The van der Waals surface area contributed by atoms with Gasteiger partial charge >= 0.3 is 0 Å². The largest absolute Gasteiger partial charge is 0.508 e. The molecule has 1 saturated carbocycles. The van der Waals surface area contributed by atoms with Gasteiger partial charge in [0.15, 0.2) is 22.5 Å². The molecule has 336 valence electrons. The van der Waals surface area contributed by atoms with Crippen molar-refractivity contribution >= 4 is 22.9 Å². The Hall–Kier alpha value is -6.45. The van der Waals surface area contributed by atoms with Gasteiger partial charge in [0.05, 0.1) is 44.0 Å². The lowest BCUT2D eigenvalue weighted by Gasteiger charge is -2.33. The van der Waals surface area contributed by atoms with Crippen LogP contribution < -0.4 is 29.9 Å². The fraction of sp³-hybridized carbons (Fsp3) is 0.352. The van der Waals surface area contributed by atoms with Gasteiger partial charge < -0.3 is 49.1 Å². The van der Waals surface area contributed by atoms with Gasteiger partial charge in [-0.1, -0.05) is 98.4 Å². The lowest BCUT2D eigenvalue weighted by molar-refractivity contribution is 0.176. The van der Waals surface area contributed by atoms with Crippen LogP contribution in [0.1, 0.15) is 73.8 Å². The predicted molar refractivity (Wildman–Crippen MR) is 255 cm³/mol. The highest BCUT2D eigenvalue weighted by Gasteiger charge is 2.35. The minimum Gasteiger partial charge on any atom is -0.508 e. The highest BCUT2D eigenvalue weighted by atomic mass is 16.5. The number of ether oxygens (including phenoxy) is 3. The highest BCUT2D eigenvalue weighted by Crippen LogP contribution is 2.50. The third-order valence-electron chi connectivity index (χ3n) is 13.1. The number of H-pyrrole nitrogens is 1. The van der Waals surface area contributed by atoms with Crippen molar-refractivity contribution in [2.24, 2.45) is 0 Å². The first-order valence-electron chi connectivity index (χ1n) is 22.8. The van der Waals surface area contributed by atoms with Crippen molar-refractivity contribution in [2.45, 2.75) is 75.3 Å². The number of rotatable bonds is 14. The molecule has 0 spiro atoms. The number of phenolic OH excluding ortho intramolecular Hbond substituents is 1. The Bertz CT molecular complexity index is 2780. The molecule has 6 aromatic rings. The van der Waals surface area contributed by atoms with Gasteiger partial charge in [-0.25, -0.2) is 0 Å². The van der Waals surface area contributed by atoms with Crippen molar-refractivity contribution < 1.29 is 33.9 Å². The molecule has 65 heavy (non-hydrogen) atoms. The van der Waals surface area contributed by atoms with Gasteiger partial charge in [-0.2, -0.15) is 0 Å². The summed E-state index contributed by atoms with van der Waals surface area (Å²) < 4.78 is 26.1. The van der Waals surface area contributed by atoms with E-state index in [-0.39, 0.29) is 77.1 Å². The van der Waals surface area contributed by atoms with Crippen LogP contribution in [0.25, 0.3) is 39.5 Å². The number of aromatic nitrogens is 1. The molecular formula is C54H57N3O8. The smallest absolute Gasteiger partial charge is 0.204 e. The number of aliphatic hydroxyl groups is 2. The van der Waals surface area contributed by atoms with Crippen LogP contribution in [0.15, 0.2) is 106 Å². The van der Waals surface area contributed by atoms with Crippen LogP contribution in [0.2, 0.25) is 0 Å². The Morgan fingerprint density at radius 3 is 2.52 bits per heavy atom. The van der Waals surface area contributed by atoms with Crippen LogP contribution in [0.4, 0.5) is 5.82 Å². The van der Waals surface area contributed by atoms with E-state index in [0.29, 0.717) is 36.3 Å². The summed E-state index contributed by atoms with van der Waals surface area (Å²) in [6, 6.07) is 28.4. The first-order chi connectivity index (χ1) is 31.7. The van der Waals surface area contributed by atoms with Gasteiger partial charge in [0.25, 0.3) is 0 Å². The van der Waals surface area contributed by atoms with Crippen LogP contribution in [0.5, 0.6) is 23.0 Å². The second-order valence-electron chi connectivity index (χ2n) is 17.6. The van der Waals surface area contributed by atoms with Crippen LogP contribution in [0.3, 0.4) is 0 Å². The summed E-state index contributed by atoms with van der Waals surface area (Å²) in [6.45, 7) is 4.66. The lowest BCUT2D eigenvalue weighted by Crippen LogP contribution is -2.50. The third-order valence-corrected chi connectivity index (χ3v) is 13.1. The lowest BCUT2D eigenvalue weighted by atomic mass is 9.85. The molecule has 4 aromatic carbocycles. The number of nitrogens with one attached hydrogen (secondary N) is 2. The van der Waals surface area contributed by atoms with Gasteiger partial charge in [-0.05, 0) is 66.3 Å². The van der Waals surface area contributed by atoms with Crippen molar-refractivity contribution in [2.75, 3.05) is 51.5 Å². The summed E-state index contributed by atoms with van der Waals surface area (Å²) in [5, 5.41) is 34.8. The van der Waals surface area contributed by atoms with Gasteiger partial charge in [-0.15, -0.1) is 0 Å². The normalized spacial score (nSPS) is 18.3. The Labute approximate surface area is 379 Å². The molecule has 11 heteroatoms. The van der Waals surface area contributed by atoms with Crippen LogP contribution in [-0.2, 0) is 11.8 Å². The third kappa shape index (κ3) is 9.39. The average Bonchev–Trinajstić information content (AvgIpc) is 3.99. The molecule has 0 radical (unpaired) electrons. The monoisotopic (exact) mass is 875 g/mol. The number of aromatic amines is 1. The summed E-state index contributed by atoms with van der Waals surface area (Å²) in [5.74, 6) is 8.77. The molecular weight excluding hydrogens is 819 g/mol.